The fourth-order valence-electron chi connectivity index (χ4n) is 0.914. The van der Waals surface area contributed by atoms with E-state index in [9.17, 15) is 8.78 Å². The summed E-state index contributed by atoms with van der Waals surface area (Å²) in [6, 6.07) is 1.40. The monoisotopic (exact) mass is 267 g/mol. The van der Waals surface area contributed by atoms with Crippen LogP contribution in [0.5, 0.6) is 11.6 Å². The minimum atomic E-state index is -2.65. The van der Waals surface area contributed by atoms with E-state index in [1.165, 1.54) is 20.3 Å². The van der Waals surface area contributed by atoms with Crippen molar-refractivity contribution in [2.75, 3.05) is 14.2 Å². The highest BCUT2D eigenvalue weighted by Gasteiger charge is 2.18. The second-order valence-electron chi connectivity index (χ2n) is 2.37. The Balaban J connectivity index is 3.23. The molecule has 0 aliphatic heterocycles. The van der Waals surface area contributed by atoms with Crippen LogP contribution in [0, 0.1) is 0 Å². The lowest BCUT2D eigenvalue weighted by molar-refractivity contribution is 0.143. The Labute approximate surface area is 88.2 Å². The van der Waals surface area contributed by atoms with Crippen molar-refractivity contribution in [3.63, 3.8) is 0 Å². The highest BCUT2D eigenvalue weighted by Crippen LogP contribution is 2.34. The number of ether oxygens (including phenoxy) is 2. The van der Waals surface area contributed by atoms with E-state index in [0.717, 1.165) is 0 Å². The first-order valence-corrected chi connectivity index (χ1v) is 4.46. The molecule has 0 aliphatic carbocycles. The molecule has 14 heavy (non-hydrogen) atoms. The summed E-state index contributed by atoms with van der Waals surface area (Å²) in [5.41, 5.74) is -0.359. The molecule has 0 saturated heterocycles. The molecule has 1 aromatic rings. The number of nitrogens with zero attached hydrogens (tertiary/aromatic N) is 1. The zero-order valence-electron chi connectivity index (χ0n) is 7.55. The minimum absolute atomic E-state index is 0.0472. The number of halogens is 3. The quantitative estimate of drug-likeness (QED) is 0.844. The lowest BCUT2D eigenvalue weighted by Gasteiger charge is -2.09. The Morgan fingerprint density at radius 2 is 2.00 bits per heavy atom. The summed E-state index contributed by atoms with van der Waals surface area (Å²) in [5, 5.41) is 0. The van der Waals surface area contributed by atoms with Crippen molar-refractivity contribution in [1.29, 1.82) is 0 Å². The average molecular weight is 268 g/mol. The fraction of sp³-hybridized carbons (Fsp3) is 0.375. The highest BCUT2D eigenvalue weighted by atomic mass is 79.9. The molecule has 0 amide bonds. The third-order valence-electron chi connectivity index (χ3n) is 1.56. The van der Waals surface area contributed by atoms with E-state index in [4.69, 9.17) is 9.47 Å². The third-order valence-corrected chi connectivity index (χ3v) is 2.19. The largest absolute Gasteiger partial charge is 0.491 e. The summed E-state index contributed by atoms with van der Waals surface area (Å²) in [6.45, 7) is 0. The van der Waals surface area contributed by atoms with Gasteiger partial charge >= 0.3 is 0 Å². The van der Waals surface area contributed by atoms with Crippen molar-refractivity contribution in [3.8, 4) is 11.6 Å². The molecule has 0 N–H and O–H groups in total. The Hall–Kier alpha value is -0.910. The van der Waals surface area contributed by atoms with Crippen molar-refractivity contribution in [3.05, 3.63) is 16.2 Å². The standard InChI is InChI=1S/C8H8BrF2NO2/c1-13-5-3-4(9)6(7(10)11)12-8(5)14-2/h3,7H,1-2H3. The number of hydrogen-bond donors (Lipinski definition) is 0. The van der Waals surface area contributed by atoms with E-state index < -0.39 is 6.43 Å². The first kappa shape index (κ1) is 11.2. The van der Waals surface area contributed by atoms with Crippen LogP contribution in [-0.2, 0) is 0 Å². The Morgan fingerprint density at radius 3 is 2.43 bits per heavy atom. The maximum absolute atomic E-state index is 12.4. The lowest BCUT2D eigenvalue weighted by atomic mass is 10.3. The van der Waals surface area contributed by atoms with Gasteiger partial charge in [0.1, 0.15) is 5.69 Å². The molecule has 0 spiro atoms. The summed E-state index contributed by atoms with van der Waals surface area (Å²) < 4.78 is 34.7. The van der Waals surface area contributed by atoms with E-state index in [2.05, 4.69) is 20.9 Å². The molecule has 1 heterocycles. The molecule has 0 aliphatic rings. The van der Waals surface area contributed by atoms with Gasteiger partial charge in [-0.2, -0.15) is 0 Å². The molecule has 0 aromatic carbocycles. The molecular formula is C8H8BrF2NO2. The van der Waals surface area contributed by atoms with Gasteiger partial charge in [-0.25, -0.2) is 13.8 Å². The first-order chi connectivity index (χ1) is 6.60. The predicted octanol–water partition coefficient (Wildman–Crippen LogP) is 2.80. The van der Waals surface area contributed by atoms with Crippen LogP contribution in [0.1, 0.15) is 12.1 Å². The van der Waals surface area contributed by atoms with Crippen LogP contribution in [0.3, 0.4) is 0 Å². The summed E-state index contributed by atoms with van der Waals surface area (Å²) >= 11 is 2.97. The number of alkyl halides is 2. The van der Waals surface area contributed by atoms with Gasteiger partial charge in [0.25, 0.3) is 12.3 Å². The number of aromatic nitrogens is 1. The third kappa shape index (κ3) is 2.12. The molecule has 1 aromatic heterocycles. The van der Waals surface area contributed by atoms with Crippen LogP contribution in [-0.4, -0.2) is 19.2 Å². The molecule has 0 atom stereocenters. The maximum atomic E-state index is 12.4. The van der Waals surface area contributed by atoms with Gasteiger partial charge in [0.2, 0.25) is 0 Å². The lowest BCUT2D eigenvalue weighted by Crippen LogP contribution is -1.99. The number of methoxy groups -OCH3 is 2. The van der Waals surface area contributed by atoms with E-state index in [-0.39, 0.29) is 16.0 Å². The second-order valence-corrected chi connectivity index (χ2v) is 3.22. The Bertz CT molecular complexity index is 333. The molecule has 3 nitrogen and oxygen atoms in total. The zero-order chi connectivity index (χ0) is 10.7. The van der Waals surface area contributed by atoms with Crippen LogP contribution in [0.4, 0.5) is 8.78 Å². The Kier molecular flexibility index (Phi) is 3.62. The normalized spacial score (nSPS) is 10.4. The second kappa shape index (κ2) is 4.54. The van der Waals surface area contributed by atoms with Gasteiger partial charge in [0.05, 0.1) is 14.2 Å². The number of hydrogen-bond acceptors (Lipinski definition) is 3. The molecule has 0 fully saturated rings. The van der Waals surface area contributed by atoms with Gasteiger partial charge in [-0.05, 0) is 15.9 Å². The van der Waals surface area contributed by atoms with Gasteiger partial charge in [-0.3, -0.25) is 0 Å². The van der Waals surface area contributed by atoms with E-state index in [0.29, 0.717) is 5.75 Å². The highest BCUT2D eigenvalue weighted by molar-refractivity contribution is 9.10. The van der Waals surface area contributed by atoms with E-state index in [1.54, 1.807) is 0 Å². The van der Waals surface area contributed by atoms with Crippen molar-refractivity contribution < 1.29 is 18.3 Å². The van der Waals surface area contributed by atoms with Gasteiger partial charge in [-0.15, -0.1) is 0 Å². The van der Waals surface area contributed by atoms with E-state index >= 15 is 0 Å². The van der Waals surface area contributed by atoms with Gasteiger partial charge in [0.15, 0.2) is 5.75 Å². The first-order valence-electron chi connectivity index (χ1n) is 3.66. The van der Waals surface area contributed by atoms with Crippen LogP contribution < -0.4 is 9.47 Å². The molecule has 0 radical (unpaired) electrons. The summed E-state index contributed by atoms with van der Waals surface area (Å²) in [4.78, 5) is 3.62. The molecule has 78 valence electrons. The summed E-state index contributed by atoms with van der Waals surface area (Å²) in [7, 11) is 2.75. The minimum Gasteiger partial charge on any atom is -0.491 e. The van der Waals surface area contributed by atoms with Crippen molar-refractivity contribution in [2.24, 2.45) is 0 Å². The predicted molar refractivity (Wildman–Crippen MR) is 50.0 cm³/mol. The van der Waals surface area contributed by atoms with Crippen molar-refractivity contribution in [2.45, 2.75) is 6.43 Å². The molecule has 0 unspecified atom stereocenters. The topological polar surface area (TPSA) is 31.4 Å². The molecular weight excluding hydrogens is 260 g/mol. The van der Waals surface area contributed by atoms with Gasteiger partial charge < -0.3 is 9.47 Å². The Morgan fingerprint density at radius 1 is 1.36 bits per heavy atom. The van der Waals surface area contributed by atoms with Gasteiger partial charge in [0, 0.05) is 10.5 Å². The summed E-state index contributed by atoms with van der Waals surface area (Å²) in [5.74, 6) is 0.356. The zero-order valence-corrected chi connectivity index (χ0v) is 9.14. The molecule has 6 heteroatoms. The van der Waals surface area contributed by atoms with Crippen LogP contribution in [0.25, 0.3) is 0 Å². The fourth-order valence-corrected chi connectivity index (χ4v) is 1.38. The van der Waals surface area contributed by atoms with Gasteiger partial charge in [-0.1, -0.05) is 0 Å². The smallest absolute Gasteiger partial charge is 0.281 e. The number of pyridine rings is 1. The summed E-state index contributed by atoms with van der Waals surface area (Å²) in [6.07, 6.45) is -2.65. The van der Waals surface area contributed by atoms with Crippen LogP contribution >= 0.6 is 15.9 Å². The maximum Gasteiger partial charge on any atom is 0.281 e. The van der Waals surface area contributed by atoms with Crippen LogP contribution in [0.2, 0.25) is 0 Å². The molecule has 0 saturated carbocycles. The van der Waals surface area contributed by atoms with E-state index in [1.807, 2.05) is 0 Å². The SMILES string of the molecule is COc1cc(Br)c(C(F)F)nc1OC. The van der Waals surface area contributed by atoms with Crippen molar-refractivity contribution in [1.82, 2.24) is 4.98 Å². The molecule has 0 bridgehead atoms. The number of rotatable bonds is 3. The van der Waals surface area contributed by atoms with Crippen molar-refractivity contribution >= 4 is 15.9 Å². The average Bonchev–Trinajstić information content (AvgIpc) is 2.16. The molecule has 1 rings (SSSR count). The van der Waals surface area contributed by atoms with Crippen LogP contribution in [0.15, 0.2) is 10.5 Å².